The van der Waals surface area contributed by atoms with Crippen LogP contribution in [-0.4, -0.2) is 58.3 Å². The number of anilines is 1. The number of nitro benzene ring substituents is 1. The van der Waals surface area contributed by atoms with Crippen LogP contribution in [0.25, 0.3) is 0 Å². The molecule has 21 heavy (non-hydrogen) atoms. The first-order chi connectivity index (χ1) is 10.1. The Hall–Kier alpha value is -1.94. The second-order valence-corrected chi connectivity index (χ2v) is 4.22. The normalized spacial score (nSPS) is 12.1. The van der Waals surface area contributed by atoms with Crippen molar-refractivity contribution in [1.29, 1.82) is 0 Å². The first kappa shape index (κ1) is 17.1. The summed E-state index contributed by atoms with van der Waals surface area (Å²) in [6.45, 7) is -0.505. The van der Waals surface area contributed by atoms with Gasteiger partial charge in [-0.15, -0.1) is 0 Å². The van der Waals surface area contributed by atoms with Crippen LogP contribution in [0.15, 0.2) is 12.1 Å². The summed E-state index contributed by atoms with van der Waals surface area (Å²) in [7, 11) is 0. The number of aromatic hydroxyl groups is 1. The van der Waals surface area contributed by atoms with E-state index in [0.717, 1.165) is 0 Å². The summed E-state index contributed by atoms with van der Waals surface area (Å²) < 4.78 is 0. The molecule has 0 aromatic heterocycles. The molecule has 0 aliphatic carbocycles. The van der Waals surface area contributed by atoms with Crippen LogP contribution in [0.3, 0.4) is 0 Å². The average Bonchev–Trinajstić information content (AvgIpc) is 2.46. The van der Waals surface area contributed by atoms with E-state index in [9.17, 15) is 20.3 Å². The van der Waals surface area contributed by atoms with Gasteiger partial charge in [-0.05, 0) is 6.07 Å². The predicted octanol–water partition coefficient (Wildman–Crippen LogP) is -0.680. The van der Waals surface area contributed by atoms with Crippen molar-refractivity contribution in [3.8, 4) is 5.75 Å². The fourth-order valence-corrected chi connectivity index (χ4v) is 1.91. The van der Waals surface area contributed by atoms with Crippen molar-refractivity contribution in [2.45, 2.75) is 6.04 Å². The third-order valence-electron chi connectivity index (χ3n) is 2.85. The molecule has 6 N–H and O–H groups in total. The second kappa shape index (κ2) is 8.37. The standard InChI is InChI=1S/C12H19N3O6/c16-5-3-13-9-2-1-8(10(7-18)14-4-6-17)12(19)11(9)15(20)21/h1-2,10,13-14,16-19H,3-7H2. The Balaban J connectivity index is 3.17. The number of aliphatic hydroxyl groups excluding tert-OH is 3. The molecule has 0 bridgehead atoms. The highest BCUT2D eigenvalue weighted by Crippen LogP contribution is 2.39. The molecular weight excluding hydrogens is 282 g/mol. The molecule has 1 aromatic rings. The molecule has 1 unspecified atom stereocenters. The van der Waals surface area contributed by atoms with Gasteiger partial charge >= 0.3 is 5.69 Å². The van der Waals surface area contributed by atoms with E-state index in [4.69, 9.17) is 10.2 Å². The summed E-state index contributed by atoms with van der Waals surface area (Å²) in [5, 5.41) is 53.4. The van der Waals surface area contributed by atoms with Gasteiger partial charge in [0.25, 0.3) is 0 Å². The van der Waals surface area contributed by atoms with E-state index in [0.29, 0.717) is 0 Å². The third kappa shape index (κ3) is 4.26. The van der Waals surface area contributed by atoms with Crippen LogP contribution in [0.1, 0.15) is 11.6 Å². The molecule has 9 heteroatoms. The minimum Gasteiger partial charge on any atom is -0.502 e. The van der Waals surface area contributed by atoms with Gasteiger partial charge in [0.2, 0.25) is 5.75 Å². The van der Waals surface area contributed by atoms with Crippen molar-refractivity contribution < 1.29 is 25.3 Å². The number of hydrogen-bond donors (Lipinski definition) is 6. The lowest BCUT2D eigenvalue weighted by molar-refractivity contribution is -0.385. The number of hydrogen-bond acceptors (Lipinski definition) is 8. The maximum absolute atomic E-state index is 11.1. The minimum atomic E-state index is -0.737. The van der Waals surface area contributed by atoms with E-state index in [2.05, 4.69) is 10.6 Å². The van der Waals surface area contributed by atoms with Crippen molar-refractivity contribution in [1.82, 2.24) is 5.32 Å². The lowest BCUT2D eigenvalue weighted by Crippen LogP contribution is -2.27. The quantitative estimate of drug-likeness (QED) is 0.259. The number of aliphatic hydroxyl groups is 3. The number of nitro groups is 1. The van der Waals surface area contributed by atoms with Gasteiger partial charge in [0.05, 0.1) is 30.8 Å². The first-order valence-corrected chi connectivity index (χ1v) is 6.36. The first-order valence-electron chi connectivity index (χ1n) is 6.36. The molecule has 0 amide bonds. The molecule has 1 rings (SSSR count). The molecule has 0 saturated carbocycles. The van der Waals surface area contributed by atoms with Crippen LogP contribution in [0.4, 0.5) is 11.4 Å². The van der Waals surface area contributed by atoms with Crippen LogP contribution >= 0.6 is 0 Å². The molecule has 0 saturated heterocycles. The zero-order valence-electron chi connectivity index (χ0n) is 11.3. The van der Waals surface area contributed by atoms with Gasteiger partial charge in [-0.2, -0.15) is 0 Å². The Bertz CT molecular complexity index is 482. The summed E-state index contributed by atoms with van der Waals surface area (Å²) in [4.78, 5) is 10.4. The van der Waals surface area contributed by atoms with Gasteiger partial charge in [0.15, 0.2) is 0 Å². The Labute approximate surface area is 121 Å². The summed E-state index contributed by atoms with van der Waals surface area (Å²) in [6, 6.07) is 2.10. The van der Waals surface area contributed by atoms with E-state index in [1.807, 2.05) is 0 Å². The molecule has 0 fully saturated rings. The zero-order valence-corrected chi connectivity index (χ0v) is 11.3. The van der Waals surface area contributed by atoms with E-state index in [1.165, 1.54) is 12.1 Å². The highest BCUT2D eigenvalue weighted by Gasteiger charge is 2.26. The Kier molecular flexibility index (Phi) is 6.82. The van der Waals surface area contributed by atoms with Crippen LogP contribution in [-0.2, 0) is 0 Å². The number of nitrogens with zero attached hydrogens (tertiary/aromatic N) is 1. The molecule has 0 heterocycles. The van der Waals surface area contributed by atoms with Crippen molar-refractivity contribution in [3.05, 3.63) is 27.8 Å². The lowest BCUT2D eigenvalue weighted by atomic mass is 10.0. The van der Waals surface area contributed by atoms with Gasteiger partial charge in [0, 0.05) is 18.7 Å². The number of rotatable bonds is 9. The van der Waals surface area contributed by atoms with Crippen LogP contribution in [0, 0.1) is 10.1 Å². The Morgan fingerprint density at radius 2 is 1.86 bits per heavy atom. The zero-order chi connectivity index (χ0) is 15.8. The topological polar surface area (TPSA) is 148 Å². The maximum Gasteiger partial charge on any atom is 0.333 e. The van der Waals surface area contributed by atoms with E-state index < -0.39 is 29.0 Å². The number of benzene rings is 1. The molecule has 118 valence electrons. The largest absolute Gasteiger partial charge is 0.502 e. The number of phenols is 1. The fraction of sp³-hybridized carbons (Fsp3) is 0.500. The average molecular weight is 301 g/mol. The molecule has 0 aliphatic rings. The van der Waals surface area contributed by atoms with Crippen LogP contribution in [0.5, 0.6) is 5.75 Å². The monoisotopic (exact) mass is 301 g/mol. The van der Waals surface area contributed by atoms with Gasteiger partial charge in [0.1, 0.15) is 5.69 Å². The molecule has 0 spiro atoms. The predicted molar refractivity (Wildman–Crippen MR) is 75.3 cm³/mol. The summed E-state index contributed by atoms with van der Waals surface area (Å²) >= 11 is 0. The van der Waals surface area contributed by atoms with Crippen molar-refractivity contribution in [2.24, 2.45) is 0 Å². The molecule has 0 aliphatic heterocycles. The third-order valence-corrected chi connectivity index (χ3v) is 2.85. The number of phenolic OH excluding ortho intramolecular Hbond substituents is 1. The fourth-order valence-electron chi connectivity index (χ4n) is 1.91. The molecule has 9 nitrogen and oxygen atoms in total. The highest BCUT2D eigenvalue weighted by atomic mass is 16.6. The van der Waals surface area contributed by atoms with Crippen molar-refractivity contribution >= 4 is 11.4 Å². The van der Waals surface area contributed by atoms with Crippen molar-refractivity contribution in [2.75, 3.05) is 38.2 Å². The minimum absolute atomic E-state index is 0.0779. The van der Waals surface area contributed by atoms with Gasteiger partial charge in [-0.25, -0.2) is 0 Å². The highest BCUT2D eigenvalue weighted by molar-refractivity contribution is 5.70. The Morgan fingerprint density at radius 3 is 2.38 bits per heavy atom. The SMILES string of the molecule is O=[N+]([O-])c1c(NCCO)ccc(C(CO)NCCO)c1O. The summed E-state index contributed by atoms with van der Waals surface area (Å²) in [5.41, 5.74) is -0.286. The molecule has 1 atom stereocenters. The van der Waals surface area contributed by atoms with E-state index in [-0.39, 0.29) is 37.6 Å². The summed E-state index contributed by atoms with van der Waals surface area (Å²) in [6.07, 6.45) is 0. The van der Waals surface area contributed by atoms with E-state index >= 15 is 0 Å². The van der Waals surface area contributed by atoms with Crippen molar-refractivity contribution in [3.63, 3.8) is 0 Å². The number of nitrogens with one attached hydrogen (secondary N) is 2. The molecule has 1 aromatic carbocycles. The smallest absolute Gasteiger partial charge is 0.333 e. The molecular formula is C12H19N3O6. The second-order valence-electron chi connectivity index (χ2n) is 4.22. The molecule has 0 radical (unpaired) electrons. The van der Waals surface area contributed by atoms with Gasteiger partial charge in [-0.1, -0.05) is 6.07 Å². The van der Waals surface area contributed by atoms with Gasteiger partial charge < -0.3 is 31.1 Å². The Morgan fingerprint density at radius 1 is 1.19 bits per heavy atom. The lowest BCUT2D eigenvalue weighted by Gasteiger charge is -2.18. The van der Waals surface area contributed by atoms with Crippen LogP contribution in [0.2, 0.25) is 0 Å². The maximum atomic E-state index is 11.1. The van der Waals surface area contributed by atoms with E-state index in [1.54, 1.807) is 0 Å². The van der Waals surface area contributed by atoms with Crippen LogP contribution < -0.4 is 10.6 Å². The summed E-state index contributed by atoms with van der Waals surface area (Å²) in [5.74, 6) is -0.563. The van der Waals surface area contributed by atoms with Gasteiger partial charge in [-0.3, -0.25) is 10.1 Å².